The number of aromatic nitrogens is 1. The molecule has 0 unspecified atom stereocenters. The summed E-state index contributed by atoms with van der Waals surface area (Å²) in [7, 11) is 0. The molecular formula is C15H16BrClN2O2. The lowest BCUT2D eigenvalue weighted by atomic mass is 10.2. The number of nitrogens with zero attached hydrogens (tertiary/aromatic N) is 1. The highest BCUT2D eigenvalue weighted by Gasteiger charge is 2.09. The summed E-state index contributed by atoms with van der Waals surface area (Å²) in [5.41, 5.74) is 6.32. The fourth-order valence-corrected chi connectivity index (χ4v) is 2.02. The van der Waals surface area contributed by atoms with E-state index < -0.39 is 0 Å². The van der Waals surface area contributed by atoms with Crippen molar-refractivity contribution >= 4 is 33.2 Å². The average Bonchev–Trinajstić information content (AvgIpc) is 2.43. The Balaban J connectivity index is 2.20. The summed E-state index contributed by atoms with van der Waals surface area (Å²) < 4.78 is 12.1. The first-order valence-electron chi connectivity index (χ1n) is 6.48. The van der Waals surface area contributed by atoms with Crippen LogP contribution in [0.4, 0.5) is 5.69 Å². The van der Waals surface area contributed by atoms with Crippen molar-refractivity contribution in [2.75, 3.05) is 12.3 Å². The van der Waals surface area contributed by atoms with Crippen LogP contribution in [-0.4, -0.2) is 11.6 Å². The minimum Gasteiger partial charge on any atom is -0.476 e. The van der Waals surface area contributed by atoms with Gasteiger partial charge in [-0.25, -0.2) is 0 Å². The predicted octanol–water partition coefficient (Wildman–Crippen LogP) is 4.91. The number of hydrogen-bond donors (Lipinski definition) is 1. The molecule has 4 nitrogen and oxygen atoms in total. The van der Waals surface area contributed by atoms with Crippen molar-refractivity contribution in [3.63, 3.8) is 0 Å². The molecular weight excluding hydrogens is 356 g/mol. The fraction of sp³-hybridized carbons (Fsp3) is 0.267. The molecule has 0 fully saturated rings. The number of nitrogen functional groups attached to an aromatic ring is 1. The van der Waals surface area contributed by atoms with Gasteiger partial charge in [0, 0.05) is 10.5 Å². The van der Waals surface area contributed by atoms with E-state index in [1.807, 2.05) is 6.07 Å². The maximum absolute atomic E-state index is 6.09. The minimum absolute atomic E-state index is 0.368. The van der Waals surface area contributed by atoms with E-state index in [9.17, 15) is 0 Å². The van der Waals surface area contributed by atoms with Crippen molar-refractivity contribution < 1.29 is 9.47 Å². The van der Waals surface area contributed by atoms with E-state index in [2.05, 4.69) is 34.8 Å². The maximum atomic E-state index is 6.09. The molecule has 0 aliphatic heterocycles. The van der Waals surface area contributed by atoms with Gasteiger partial charge in [0.1, 0.15) is 5.75 Å². The SMILES string of the molecule is CC(C)COc1nc(Oc2cc(Br)ccc2Cl)ccc1N. The smallest absolute Gasteiger partial charge is 0.240 e. The van der Waals surface area contributed by atoms with Crippen LogP contribution in [0.25, 0.3) is 0 Å². The van der Waals surface area contributed by atoms with Gasteiger partial charge < -0.3 is 15.2 Å². The number of benzene rings is 1. The summed E-state index contributed by atoms with van der Waals surface area (Å²) in [6, 6.07) is 8.73. The lowest BCUT2D eigenvalue weighted by molar-refractivity contribution is 0.260. The van der Waals surface area contributed by atoms with Crippen LogP contribution in [0, 0.1) is 5.92 Å². The van der Waals surface area contributed by atoms with E-state index in [4.69, 9.17) is 26.8 Å². The molecule has 0 bridgehead atoms. The molecule has 2 rings (SSSR count). The fourth-order valence-electron chi connectivity index (χ4n) is 1.52. The van der Waals surface area contributed by atoms with Crippen molar-refractivity contribution in [1.29, 1.82) is 0 Å². The Bertz CT molecular complexity index is 635. The third kappa shape index (κ3) is 4.51. The second-order valence-electron chi connectivity index (χ2n) is 4.93. The Kier molecular flexibility index (Phi) is 5.31. The summed E-state index contributed by atoms with van der Waals surface area (Å²) >= 11 is 9.46. The molecule has 0 aliphatic carbocycles. The lowest BCUT2D eigenvalue weighted by Gasteiger charge is -2.12. The Morgan fingerprint density at radius 3 is 2.76 bits per heavy atom. The molecule has 0 radical (unpaired) electrons. The molecule has 0 saturated heterocycles. The summed E-state index contributed by atoms with van der Waals surface area (Å²) in [4.78, 5) is 4.27. The van der Waals surface area contributed by atoms with E-state index in [0.29, 0.717) is 40.7 Å². The molecule has 0 aliphatic rings. The summed E-state index contributed by atoms with van der Waals surface area (Å²) in [5, 5.41) is 0.501. The third-order valence-corrected chi connectivity index (χ3v) is 3.33. The average molecular weight is 372 g/mol. The largest absolute Gasteiger partial charge is 0.476 e. The second-order valence-corrected chi connectivity index (χ2v) is 6.25. The highest BCUT2D eigenvalue weighted by molar-refractivity contribution is 9.10. The van der Waals surface area contributed by atoms with Gasteiger partial charge in [-0.1, -0.05) is 41.4 Å². The van der Waals surface area contributed by atoms with Gasteiger partial charge in [0.05, 0.1) is 17.3 Å². The molecule has 0 amide bonds. The molecule has 1 aromatic carbocycles. The molecule has 1 heterocycles. The normalized spacial score (nSPS) is 10.7. The first-order chi connectivity index (χ1) is 9.95. The van der Waals surface area contributed by atoms with Gasteiger partial charge in [-0.3, -0.25) is 0 Å². The maximum Gasteiger partial charge on any atom is 0.240 e. The van der Waals surface area contributed by atoms with Gasteiger partial charge in [-0.15, -0.1) is 0 Å². The number of pyridine rings is 1. The molecule has 0 atom stereocenters. The van der Waals surface area contributed by atoms with Gasteiger partial charge in [-0.2, -0.15) is 4.98 Å². The number of rotatable bonds is 5. The highest BCUT2D eigenvalue weighted by atomic mass is 79.9. The van der Waals surface area contributed by atoms with Crippen LogP contribution in [0.3, 0.4) is 0 Å². The second kappa shape index (κ2) is 7.00. The van der Waals surface area contributed by atoms with Crippen molar-refractivity contribution in [2.24, 2.45) is 5.92 Å². The minimum atomic E-state index is 0.368. The van der Waals surface area contributed by atoms with E-state index in [-0.39, 0.29) is 0 Å². The van der Waals surface area contributed by atoms with Crippen LogP contribution in [0.2, 0.25) is 5.02 Å². The molecule has 21 heavy (non-hydrogen) atoms. The molecule has 1 aromatic heterocycles. The molecule has 0 spiro atoms. The van der Waals surface area contributed by atoms with Crippen molar-refractivity contribution in [2.45, 2.75) is 13.8 Å². The van der Waals surface area contributed by atoms with Crippen LogP contribution in [0.1, 0.15) is 13.8 Å². The van der Waals surface area contributed by atoms with E-state index in [0.717, 1.165) is 4.47 Å². The van der Waals surface area contributed by atoms with Gasteiger partial charge >= 0.3 is 0 Å². The van der Waals surface area contributed by atoms with Gasteiger partial charge in [0.25, 0.3) is 0 Å². The molecule has 2 aromatic rings. The Labute approximate surface area is 137 Å². The summed E-state index contributed by atoms with van der Waals surface area (Å²) in [6.45, 7) is 4.65. The van der Waals surface area contributed by atoms with E-state index in [1.165, 1.54) is 0 Å². The van der Waals surface area contributed by atoms with Crippen LogP contribution in [0.15, 0.2) is 34.8 Å². The highest BCUT2D eigenvalue weighted by Crippen LogP contribution is 2.32. The standard InChI is InChI=1S/C15H16BrClN2O2/c1-9(2)8-20-15-12(18)5-6-14(19-15)21-13-7-10(16)3-4-11(13)17/h3-7,9H,8,18H2,1-2H3. The van der Waals surface area contributed by atoms with Gasteiger partial charge in [0.15, 0.2) is 0 Å². The van der Waals surface area contributed by atoms with Gasteiger partial charge in [-0.05, 0) is 30.2 Å². The number of ether oxygens (including phenoxy) is 2. The first-order valence-corrected chi connectivity index (χ1v) is 7.65. The van der Waals surface area contributed by atoms with Crippen molar-refractivity contribution in [3.05, 3.63) is 39.8 Å². The monoisotopic (exact) mass is 370 g/mol. The number of nitrogens with two attached hydrogens (primary N) is 1. The zero-order valence-corrected chi connectivity index (χ0v) is 14.1. The predicted molar refractivity (Wildman–Crippen MR) is 88.2 cm³/mol. The molecule has 2 N–H and O–H groups in total. The topological polar surface area (TPSA) is 57.4 Å². The van der Waals surface area contributed by atoms with Crippen LogP contribution >= 0.6 is 27.5 Å². The number of halogens is 2. The van der Waals surface area contributed by atoms with E-state index in [1.54, 1.807) is 24.3 Å². The number of hydrogen-bond acceptors (Lipinski definition) is 4. The zero-order valence-electron chi connectivity index (χ0n) is 11.8. The third-order valence-electron chi connectivity index (χ3n) is 2.53. The van der Waals surface area contributed by atoms with Crippen molar-refractivity contribution in [1.82, 2.24) is 4.98 Å². The Hall–Kier alpha value is -1.46. The molecule has 0 saturated carbocycles. The van der Waals surface area contributed by atoms with Crippen LogP contribution < -0.4 is 15.2 Å². The quantitative estimate of drug-likeness (QED) is 0.811. The van der Waals surface area contributed by atoms with Crippen LogP contribution in [-0.2, 0) is 0 Å². The molecule has 6 heteroatoms. The van der Waals surface area contributed by atoms with E-state index >= 15 is 0 Å². The lowest BCUT2D eigenvalue weighted by Crippen LogP contribution is -2.07. The van der Waals surface area contributed by atoms with Crippen LogP contribution in [0.5, 0.6) is 17.5 Å². The van der Waals surface area contributed by atoms with Gasteiger partial charge in [0.2, 0.25) is 11.8 Å². The summed E-state index contributed by atoms with van der Waals surface area (Å²) in [6.07, 6.45) is 0. The Morgan fingerprint density at radius 1 is 1.29 bits per heavy atom. The van der Waals surface area contributed by atoms with Crippen molar-refractivity contribution in [3.8, 4) is 17.5 Å². The zero-order chi connectivity index (χ0) is 15.4. The number of anilines is 1. The Morgan fingerprint density at radius 2 is 2.05 bits per heavy atom. The molecule has 112 valence electrons. The summed E-state index contributed by atoms with van der Waals surface area (Å²) in [5.74, 6) is 1.64. The first kappa shape index (κ1) is 15.9.